The second-order valence-corrected chi connectivity index (χ2v) is 4.93. The Balaban J connectivity index is 2.03. The Morgan fingerprint density at radius 2 is 2.14 bits per heavy atom. The summed E-state index contributed by atoms with van der Waals surface area (Å²) in [5, 5.41) is 0. The second kappa shape index (κ2) is 3.93. The quantitative estimate of drug-likeness (QED) is 0.630. The molecule has 0 radical (unpaired) electrons. The monoisotopic (exact) mass is 194 g/mol. The second-order valence-electron chi connectivity index (χ2n) is 4.93. The Bertz CT molecular complexity index is 222. The predicted molar refractivity (Wildman–Crippen MR) is 60.2 cm³/mol. The molecule has 2 saturated heterocycles. The average molecular weight is 194 g/mol. The Morgan fingerprint density at radius 1 is 1.36 bits per heavy atom. The molecule has 2 heterocycles. The number of fused-ring (bicyclic) bond motifs is 1. The summed E-state index contributed by atoms with van der Waals surface area (Å²) in [6, 6.07) is 1.42. The standard InChI is InChI=1S/C12H22N2/c1-10(2)14-9-12-6-4-5-7-13(12)8-11(14)3/h10,12H,3-9H2,1-2H3. The molecule has 0 aliphatic carbocycles. The molecule has 0 aromatic heterocycles. The maximum absolute atomic E-state index is 4.19. The smallest absolute Gasteiger partial charge is 0.0381 e. The molecule has 0 aromatic carbocycles. The summed E-state index contributed by atoms with van der Waals surface area (Å²) in [6.07, 6.45) is 4.18. The Morgan fingerprint density at radius 3 is 2.86 bits per heavy atom. The fraction of sp³-hybridized carbons (Fsp3) is 0.833. The van der Waals surface area contributed by atoms with E-state index in [9.17, 15) is 0 Å². The number of nitrogens with zero attached hydrogens (tertiary/aromatic N) is 2. The number of rotatable bonds is 1. The highest BCUT2D eigenvalue weighted by atomic mass is 15.3. The van der Waals surface area contributed by atoms with Gasteiger partial charge in [-0.15, -0.1) is 0 Å². The van der Waals surface area contributed by atoms with Gasteiger partial charge in [0, 0.05) is 30.9 Å². The van der Waals surface area contributed by atoms with Crippen LogP contribution in [0.3, 0.4) is 0 Å². The van der Waals surface area contributed by atoms with E-state index >= 15 is 0 Å². The molecule has 0 aromatic rings. The third-order valence-corrected chi connectivity index (χ3v) is 3.57. The van der Waals surface area contributed by atoms with Crippen LogP contribution in [0.15, 0.2) is 12.3 Å². The predicted octanol–water partition coefficient (Wildman–Crippen LogP) is 2.08. The zero-order valence-electron chi connectivity index (χ0n) is 9.50. The summed E-state index contributed by atoms with van der Waals surface area (Å²) < 4.78 is 0. The number of piperidine rings is 1. The Labute approximate surface area is 87.6 Å². The minimum absolute atomic E-state index is 0.617. The van der Waals surface area contributed by atoms with Gasteiger partial charge in [0.2, 0.25) is 0 Å². The van der Waals surface area contributed by atoms with E-state index in [1.54, 1.807) is 0 Å². The van der Waals surface area contributed by atoms with Crippen LogP contribution in [0.2, 0.25) is 0 Å². The average Bonchev–Trinajstić information content (AvgIpc) is 2.16. The van der Waals surface area contributed by atoms with Crippen molar-refractivity contribution in [2.24, 2.45) is 0 Å². The molecule has 0 amide bonds. The molecule has 2 fully saturated rings. The maximum atomic E-state index is 4.19. The van der Waals surface area contributed by atoms with E-state index in [-0.39, 0.29) is 0 Å². The lowest BCUT2D eigenvalue weighted by atomic mass is 9.98. The van der Waals surface area contributed by atoms with Gasteiger partial charge in [-0.05, 0) is 33.2 Å². The lowest BCUT2D eigenvalue weighted by molar-refractivity contribution is 0.0673. The van der Waals surface area contributed by atoms with Crippen molar-refractivity contribution >= 4 is 0 Å². The van der Waals surface area contributed by atoms with Gasteiger partial charge in [0.05, 0.1) is 0 Å². The molecule has 2 aliphatic heterocycles. The van der Waals surface area contributed by atoms with E-state index in [4.69, 9.17) is 0 Å². The van der Waals surface area contributed by atoms with E-state index in [0.29, 0.717) is 6.04 Å². The lowest BCUT2D eigenvalue weighted by Crippen LogP contribution is -2.54. The number of hydrogen-bond acceptors (Lipinski definition) is 2. The minimum atomic E-state index is 0.617. The van der Waals surface area contributed by atoms with Crippen molar-refractivity contribution in [1.29, 1.82) is 0 Å². The van der Waals surface area contributed by atoms with Crippen molar-refractivity contribution in [3.63, 3.8) is 0 Å². The molecular weight excluding hydrogens is 172 g/mol. The molecule has 0 bridgehead atoms. The maximum Gasteiger partial charge on any atom is 0.0381 e. The summed E-state index contributed by atoms with van der Waals surface area (Å²) in [5.74, 6) is 0. The summed E-state index contributed by atoms with van der Waals surface area (Å²) in [4.78, 5) is 5.09. The first kappa shape index (κ1) is 10.0. The molecule has 2 rings (SSSR count). The van der Waals surface area contributed by atoms with Gasteiger partial charge >= 0.3 is 0 Å². The van der Waals surface area contributed by atoms with E-state index in [1.165, 1.54) is 38.0 Å². The number of hydrogen-bond donors (Lipinski definition) is 0. The van der Waals surface area contributed by atoms with Crippen molar-refractivity contribution in [3.8, 4) is 0 Å². The Hall–Kier alpha value is -0.500. The van der Waals surface area contributed by atoms with Crippen LogP contribution >= 0.6 is 0 Å². The van der Waals surface area contributed by atoms with Crippen LogP contribution in [0.4, 0.5) is 0 Å². The molecule has 2 nitrogen and oxygen atoms in total. The molecular formula is C12H22N2. The van der Waals surface area contributed by atoms with Gasteiger partial charge in [-0.1, -0.05) is 13.0 Å². The summed E-state index contributed by atoms with van der Waals surface area (Å²) in [5.41, 5.74) is 1.32. The highest BCUT2D eigenvalue weighted by Gasteiger charge is 2.31. The molecule has 80 valence electrons. The SMILES string of the molecule is C=C1CN2CCCCC2CN1C(C)C. The van der Waals surface area contributed by atoms with E-state index in [0.717, 1.165) is 12.6 Å². The highest BCUT2D eigenvalue weighted by molar-refractivity contribution is 5.05. The van der Waals surface area contributed by atoms with Crippen LogP contribution in [0.5, 0.6) is 0 Å². The van der Waals surface area contributed by atoms with Crippen LogP contribution in [0, 0.1) is 0 Å². The Kier molecular flexibility index (Phi) is 2.82. The fourth-order valence-corrected chi connectivity index (χ4v) is 2.73. The van der Waals surface area contributed by atoms with Crippen molar-refractivity contribution < 1.29 is 0 Å². The molecule has 0 N–H and O–H groups in total. The van der Waals surface area contributed by atoms with Gasteiger partial charge in [0.1, 0.15) is 0 Å². The van der Waals surface area contributed by atoms with E-state index < -0.39 is 0 Å². The van der Waals surface area contributed by atoms with Crippen LogP contribution in [-0.2, 0) is 0 Å². The van der Waals surface area contributed by atoms with Crippen LogP contribution in [0.1, 0.15) is 33.1 Å². The zero-order valence-corrected chi connectivity index (χ0v) is 9.50. The molecule has 2 heteroatoms. The van der Waals surface area contributed by atoms with E-state index in [2.05, 4.69) is 30.2 Å². The van der Waals surface area contributed by atoms with Gasteiger partial charge in [-0.25, -0.2) is 0 Å². The van der Waals surface area contributed by atoms with E-state index in [1.807, 2.05) is 0 Å². The first-order valence-corrected chi connectivity index (χ1v) is 5.87. The topological polar surface area (TPSA) is 6.48 Å². The van der Waals surface area contributed by atoms with Gasteiger partial charge in [0.25, 0.3) is 0 Å². The molecule has 2 aliphatic rings. The van der Waals surface area contributed by atoms with Crippen LogP contribution in [-0.4, -0.2) is 41.5 Å². The molecule has 0 spiro atoms. The molecule has 0 saturated carbocycles. The third kappa shape index (κ3) is 1.81. The summed E-state index contributed by atoms with van der Waals surface area (Å²) in [6.45, 7) is 12.3. The largest absolute Gasteiger partial charge is 0.370 e. The number of piperazine rings is 1. The summed E-state index contributed by atoms with van der Waals surface area (Å²) in [7, 11) is 0. The first-order valence-electron chi connectivity index (χ1n) is 5.87. The van der Waals surface area contributed by atoms with Gasteiger partial charge in [-0.2, -0.15) is 0 Å². The molecule has 14 heavy (non-hydrogen) atoms. The van der Waals surface area contributed by atoms with Crippen LogP contribution < -0.4 is 0 Å². The van der Waals surface area contributed by atoms with Crippen molar-refractivity contribution in [3.05, 3.63) is 12.3 Å². The summed E-state index contributed by atoms with van der Waals surface area (Å²) >= 11 is 0. The van der Waals surface area contributed by atoms with Gasteiger partial charge < -0.3 is 4.90 Å². The van der Waals surface area contributed by atoms with Crippen molar-refractivity contribution in [2.75, 3.05) is 19.6 Å². The normalized spacial score (nSPS) is 29.5. The molecule has 1 unspecified atom stereocenters. The zero-order chi connectivity index (χ0) is 10.1. The highest BCUT2D eigenvalue weighted by Crippen LogP contribution is 2.26. The van der Waals surface area contributed by atoms with Crippen molar-refractivity contribution in [2.45, 2.75) is 45.2 Å². The fourth-order valence-electron chi connectivity index (χ4n) is 2.73. The lowest BCUT2D eigenvalue weighted by Gasteiger charge is -2.47. The first-order chi connectivity index (χ1) is 6.68. The van der Waals surface area contributed by atoms with Crippen molar-refractivity contribution in [1.82, 2.24) is 9.80 Å². The minimum Gasteiger partial charge on any atom is -0.370 e. The van der Waals surface area contributed by atoms with Gasteiger partial charge in [0.15, 0.2) is 0 Å². The van der Waals surface area contributed by atoms with Crippen LogP contribution in [0.25, 0.3) is 0 Å². The molecule has 1 atom stereocenters. The third-order valence-electron chi connectivity index (χ3n) is 3.57. The van der Waals surface area contributed by atoms with Gasteiger partial charge in [-0.3, -0.25) is 4.90 Å².